The Morgan fingerprint density at radius 2 is 1.92 bits per heavy atom. The fraction of sp³-hybridized carbons (Fsp3) is 0.278. The molecule has 1 aliphatic rings. The van der Waals surface area contributed by atoms with Crippen molar-refractivity contribution in [3.05, 3.63) is 58.6 Å². The smallest absolute Gasteiger partial charge is 0.254 e. The highest BCUT2D eigenvalue weighted by Crippen LogP contribution is 2.37. The fourth-order valence-electron chi connectivity index (χ4n) is 3.33. The van der Waals surface area contributed by atoms with E-state index >= 15 is 0 Å². The number of fused-ring (bicyclic) bond motifs is 1. The molecule has 0 aliphatic carbocycles. The van der Waals surface area contributed by atoms with Crippen LogP contribution >= 0.6 is 11.6 Å². The van der Waals surface area contributed by atoms with E-state index in [0.717, 1.165) is 11.3 Å². The molecule has 0 bridgehead atoms. The van der Waals surface area contributed by atoms with E-state index in [1.54, 1.807) is 24.3 Å². The Hall–Kier alpha value is -2.09. The van der Waals surface area contributed by atoms with Crippen molar-refractivity contribution < 1.29 is 13.2 Å². The first kappa shape index (κ1) is 18.7. The number of hydrogen-bond donors (Lipinski definition) is 2. The molecule has 1 heterocycles. The predicted molar refractivity (Wildman–Crippen MR) is 102 cm³/mol. The topological polar surface area (TPSA) is 92.5 Å². The third-order valence-electron chi connectivity index (χ3n) is 4.42. The number of nitrogens with one attached hydrogen (secondary N) is 1. The van der Waals surface area contributed by atoms with Gasteiger partial charge >= 0.3 is 0 Å². The van der Waals surface area contributed by atoms with E-state index in [-0.39, 0.29) is 22.8 Å². The van der Waals surface area contributed by atoms with Crippen LogP contribution in [0.25, 0.3) is 0 Å². The van der Waals surface area contributed by atoms with Crippen LogP contribution in [0.1, 0.15) is 35.8 Å². The third kappa shape index (κ3) is 3.56. The van der Waals surface area contributed by atoms with Crippen molar-refractivity contribution >= 4 is 33.2 Å². The molecule has 0 saturated heterocycles. The maximum absolute atomic E-state index is 12.2. The van der Waals surface area contributed by atoms with Gasteiger partial charge in [-0.3, -0.25) is 4.79 Å². The number of primary sulfonamides is 1. The number of hydrogen-bond acceptors (Lipinski definition) is 4. The molecule has 138 valence electrons. The van der Waals surface area contributed by atoms with Crippen molar-refractivity contribution in [1.82, 2.24) is 5.32 Å². The summed E-state index contributed by atoms with van der Waals surface area (Å²) in [6.45, 7) is 4.40. The number of carbonyl (C=O) groups excluding carboxylic acids is 1. The van der Waals surface area contributed by atoms with Gasteiger partial charge in [0, 0.05) is 5.02 Å². The molecular formula is C18H20ClN3O3S. The van der Waals surface area contributed by atoms with E-state index in [0.29, 0.717) is 17.3 Å². The summed E-state index contributed by atoms with van der Waals surface area (Å²) in [5, 5.41) is 8.61. The second-order valence-corrected chi connectivity index (χ2v) is 8.60. The predicted octanol–water partition coefficient (Wildman–Crippen LogP) is 2.89. The van der Waals surface area contributed by atoms with Gasteiger partial charge < -0.3 is 10.2 Å². The molecule has 0 fully saturated rings. The van der Waals surface area contributed by atoms with Crippen LogP contribution in [-0.2, 0) is 10.0 Å². The highest BCUT2D eigenvalue weighted by molar-refractivity contribution is 7.89. The second kappa shape index (κ2) is 6.90. The van der Waals surface area contributed by atoms with Crippen molar-refractivity contribution in [1.29, 1.82) is 0 Å². The molecule has 1 amide bonds. The van der Waals surface area contributed by atoms with E-state index < -0.39 is 10.0 Å². The van der Waals surface area contributed by atoms with Gasteiger partial charge in [0.2, 0.25) is 10.0 Å². The average molecular weight is 394 g/mol. The lowest BCUT2D eigenvalue weighted by Crippen LogP contribution is -2.46. The zero-order chi connectivity index (χ0) is 19.1. The van der Waals surface area contributed by atoms with Crippen molar-refractivity contribution in [3.63, 3.8) is 0 Å². The van der Waals surface area contributed by atoms with Gasteiger partial charge in [-0.1, -0.05) is 37.6 Å². The van der Waals surface area contributed by atoms with Crippen LogP contribution in [-0.4, -0.2) is 21.0 Å². The Labute approximate surface area is 158 Å². The number of amides is 1. The molecule has 2 aromatic rings. The van der Waals surface area contributed by atoms with E-state index in [9.17, 15) is 13.2 Å². The van der Waals surface area contributed by atoms with E-state index in [1.165, 1.54) is 6.07 Å². The third-order valence-corrected chi connectivity index (χ3v) is 5.56. The molecule has 6 nitrogen and oxygen atoms in total. The van der Waals surface area contributed by atoms with Gasteiger partial charge in [0.25, 0.3) is 5.91 Å². The van der Waals surface area contributed by atoms with Crippen LogP contribution in [0.15, 0.2) is 47.4 Å². The Balaban J connectivity index is 2.11. The van der Waals surface area contributed by atoms with Crippen LogP contribution < -0.4 is 15.4 Å². The molecule has 3 rings (SSSR count). The van der Waals surface area contributed by atoms with Crippen molar-refractivity contribution in [2.75, 3.05) is 11.6 Å². The van der Waals surface area contributed by atoms with E-state index in [1.807, 2.05) is 30.9 Å². The summed E-state index contributed by atoms with van der Waals surface area (Å²) in [6, 6.07) is 11.6. The number of rotatable bonds is 4. The number of halogens is 1. The van der Waals surface area contributed by atoms with Gasteiger partial charge in [0.15, 0.2) is 0 Å². The van der Waals surface area contributed by atoms with E-state index in [2.05, 4.69) is 5.32 Å². The van der Waals surface area contributed by atoms with Crippen molar-refractivity contribution in [2.45, 2.75) is 24.8 Å². The lowest BCUT2D eigenvalue weighted by molar-refractivity contribution is 0.0945. The van der Waals surface area contributed by atoms with Gasteiger partial charge in [-0.2, -0.15) is 0 Å². The normalized spacial score (nSPS) is 15.6. The Morgan fingerprint density at radius 3 is 2.58 bits per heavy atom. The largest absolute Gasteiger partial charge is 0.346 e. The summed E-state index contributed by atoms with van der Waals surface area (Å²) in [6.07, 6.45) is 0. The molecule has 0 radical (unpaired) electrons. The summed E-state index contributed by atoms with van der Waals surface area (Å²) < 4.78 is 23.5. The number of anilines is 1. The Morgan fingerprint density at radius 1 is 1.19 bits per heavy atom. The highest BCUT2D eigenvalue weighted by Gasteiger charge is 2.31. The van der Waals surface area contributed by atoms with E-state index in [4.69, 9.17) is 16.7 Å². The molecule has 1 aliphatic heterocycles. The van der Waals surface area contributed by atoms with Gasteiger partial charge in [-0.25, -0.2) is 13.6 Å². The molecule has 0 saturated carbocycles. The number of nitrogens with zero attached hydrogens (tertiary/aromatic N) is 1. The molecule has 0 spiro atoms. The lowest BCUT2D eigenvalue weighted by atomic mass is 9.93. The standard InChI is InChI=1S/C18H20ClN3O3S/c1-11(2)17(12-4-3-5-14(8-12)26(20,24)25)22-10-21-18(23)15-9-13(19)6-7-16(15)22/h3-9,11,17H,10H2,1-2H3,(H,21,23)(H2,20,24,25). The Bertz CT molecular complexity index is 960. The number of carbonyl (C=O) groups is 1. The van der Waals surface area contributed by atoms with Gasteiger partial charge in [0.1, 0.15) is 0 Å². The van der Waals surface area contributed by atoms with Crippen LogP contribution in [0.5, 0.6) is 0 Å². The first-order valence-corrected chi connectivity index (χ1v) is 10.1. The van der Waals surface area contributed by atoms with Gasteiger partial charge in [0.05, 0.1) is 28.9 Å². The first-order chi connectivity index (χ1) is 12.2. The molecule has 1 atom stereocenters. The summed E-state index contributed by atoms with van der Waals surface area (Å²) in [7, 11) is -3.80. The molecule has 0 aromatic heterocycles. The van der Waals surface area contributed by atoms with Crippen molar-refractivity contribution in [2.24, 2.45) is 11.1 Å². The summed E-state index contributed by atoms with van der Waals surface area (Å²) in [4.78, 5) is 14.3. The number of nitrogens with two attached hydrogens (primary N) is 1. The zero-order valence-electron chi connectivity index (χ0n) is 14.4. The van der Waals surface area contributed by atoms with Crippen LogP contribution in [0, 0.1) is 5.92 Å². The Kier molecular flexibility index (Phi) is 4.96. The quantitative estimate of drug-likeness (QED) is 0.835. The van der Waals surface area contributed by atoms with Gasteiger partial charge in [-0.05, 0) is 41.8 Å². The minimum atomic E-state index is -3.80. The summed E-state index contributed by atoms with van der Waals surface area (Å²) in [5.74, 6) is -0.0381. The summed E-state index contributed by atoms with van der Waals surface area (Å²) in [5.41, 5.74) is 2.07. The summed E-state index contributed by atoms with van der Waals surface area (Å²) >= 11 is 6.04. The molecule has 3 N–H and O–H groups in total. The monoisotopic (exact) mass is 393 g/mol. The average Bonchev–Trinajstić information content (AvgIpc) is 2.57. The van der Waals surface area contributed by atoms with Crippen LogP contribution in [0.2, 0.25) is 5.02 Å². The lowest BCUT2D eigenvalue weighted by Gasteiger charge is -2.40. The molecule has 8 heteroatoms. The minimum Gasteiger partial charge on any atom is -0.346 e. The maximum Gasteiger partial charge on any atom is 0.254 e. The first-order valence-electron chi connectivity index (χ1n) is 8.15. The molecule has 26 heavy (non-hydrogen) atoms. The minimum absolute atomic E-state index is 0.0676. The van der Waals surface area contributed by atoms with Crippen LogP contribution in [0.3, 0.4) is 0 Å². The van der Waals surface area contributed by atoms with Gasteiger partial charge in [-0.15, -0.1) is 0 Å². The van der Waals surface area contributed by atoms with Crippen molar-refractivity contribution in [3.8, 4) is 0 Å². The zero-order valence-corrected chi connectivity index (χ0v) is 16.0. The SMILES string of the molecule is CC(C)C(c1cccc(S(N)(=O)=O)c1)N1CNC(=O)c2cc(Cl)ccc21. The highest BCUT2D eigenvalue weighted by atomic mass is 35.5. The second-order valence-electron chi connectivity index (χ2n) is 6.60. The number of sulfonamides is 1. The molecular weight excluding hydrogens is 374 g/mol. The fourth-order valence-corrected chi connectivity index (χ4v) is 4.07. The molecule has 2 aromatic carbocycles. The molecule has 1 unspecified atom stereocenters. The number of benzene rings is 2. The van der Waals surface area contributed by atoms with Crippen LogP contribution in [0.4, 0.5) is 5.69 Å². The maximum atomic E-state index is 12.2.